The monoisotopic (exact) mass is 654 g/mol. The smallest absolute Gasteiger partial charge is 0.326 e. The Bertz CT molecular complexity index is 1330. The molecule has 0 aliphatic heterocycles. The van der Waals surface area contributed by atoms with Crippen LogP contribution in [0.4, 0.5) is 0 Å². The highest BCUT2D eigenvalue weighted by Crippen LogP contribution is 2.27. The summed E-state index contributed by atoms with van der Waals surface area (Å²) in [6.07, 6.45) is 12.7. The van der Waals surface area contributed by atoms with E-state index in [1.807, 2.05) is 6.92 Å². The largest absolute Gasteiger partial charge is 0.481 e. The lowest BCUT2D eigenvalue weighted by Gasteiger charge is -2.22. The van der Waals surface area contributed by atoms with Crippen molar-refractivity contribution in [2.45, 2.75) is 117 Å². The zero-order valence-electron chi connectivity index (χ0n) is 27.8. The first-order valence-electron chi connectivity index (χ1n) is 16.6. The average molecular weight is 655 g/mol. The maximum atomic E-state index is 13.3. The Morgan fingerprint density at radius 2 is 1.47 bits per heavy atom. The van der Waals surface area contributed by atoms with Gasteiger partial charge in [-0.2, -0.15) is 0 Å². The second-order valence-electron chi connectivity index (χ2n) is 12.2. The number of unbranched alkanes of at least 4 members (excludes halogenated alkanes) is 8. The number of allylic oxidation sites excluding steroid dienone is 1. The number of amides is 1. The highest BCUT2D eigenvalue weighted by molar-refractivity contribution is 5.91. The number of carboxylic acids is 3. The molecule has 258 valence electrons. The first-order chi connectivity index (χ1) is 22.4. The van der Waals surface area contributed by atoms with Crippen molar-refractivity contribution in [3.05, 3.63) is 53.4 Å². The van der Waals surface area contributed by atoms with E-state index in [2.05, 4.69) is 17.4 Å². The van der Waals surface area contributed by atoms with Crippen LogP contribution in [0.15, 0.2) is 40.9 Å². The van der Waals surface area contributed by atoms with E-state index in [0.717, 1.165) is 55.3 Å². The molecule has 1 aromatic heterocycles. The van der Waals surface area contributed by atoms with Crippen LogP contribution in [-0.2, 0) is 30.4 Å². The second kappa shape index (κ2) is 20.8. The topological polar surface area (TPSA) is 184 Å². The highest BCUT2D eigenvalue weighted by atomic mass is 16.5. The second-order valence-corrected chi connectivity index (χ2v) is 12.2. The fourth-order valence-corrected chi connectivity index (χ4v) is 5.60. The molecule has 1 aromatic carbocycles. The van der Waals surface area contributed by atoms with Gasteiger partial charge in [0.2, 0.25) is 5.91 Å². The molecule has 3 atom stereocenters. The van der Waals surface area contributed by atoms with Crippen molar-refractivity contribution < 1.29 is 43.8 Å². The molecule has 0 aliphatic rings. The van der Waals surface area contributed by atoms with Crippen molar-refractivity contribution in [2.75, 3.05) is 0 Å². The third-order valence-corrected chi connectivity index (χ3v) is 8.26. The lowest BCUT2D eigenvalue weighted by Crippen LogP contribution is -2.47. The highest BCUT2D eigenvalue weighted by Gasteiger charge is 2.35. The Balaban J connectivity index is 1.98. The van der Waals surface area contributed by atoms with Crippen LogP contribution in [0.5, 0.6) is 0 Å². The predicted octanol–water partition coefficient (Wildman–Crippen LogP) is 6.69. The van der Waals surface area contributed by atoms with Crippen molar-refractivity contribution in [1.82, 2.24) is 10.5 Å². The molecule has 11 nitrogen and oxygen atoms in total. The summed E-state index contributed by atoms with van der Waals surface area (Å²) >= 11 is 0. The number of rotatable bonds is 24. The molecule has 11 heteroatoms. The van der Waals surface area contributed by atoms with Gasteiger partial charge >= 0.3 is 17.9 Å². The number of hydrogen-bond donors (Lipinski definition) is 4. The summed E-state index contributed by atoms with van der Waals surface area (Å²) in [4.78, 5) is 61.0. The van der Waals surface area contributed by atoms with Crippen LogP contribution in [0.3, 0.4) is 0 Å². The lowest BCUT2D eigenvalue weighted by atomic mass is 9.87. The minimum Gasteiger partial charge on any atom is -0.481 e. The summed E-state index contributed by atoms with van der Waals surface area (Å²) < 4.78 is 5.22. The molecule has 0 fully saturated rings. The molecule has 0 unspecified atom stereocenters. The summed E-state index contributed by atoms with van der Waals surface area (Å²) in [5.74, 6) is -7.06. The number of Topliss-reactive ketones (excluding diaryl/α,β-unsaturated/α-hetero) is 1. The molecule has 1 amide bonds. The van der Waals surface area contributed by atoms with E-state index >= 15 is 0 Å². The van der Waals surface area contributed by atoms with Crippen molar-refractivity contribution in [2.24, 2.45) is 11.8 Å². The van der Waals surface area contributed by atoms with Gasteiger partial charge in [-0.25, -0.2) is 4.79 Å². The van der Waals surface area contributed by atoms with E-state index in [-0.39, 0.29) is 6.42 Å². The fraction of sp³-hybridized carbons (Fsp3) is 0.556. The Morgan fingerprint density at radius 1 is 0.851 bits per heavy atom. The molecular formula is C36H50N2O9. The van der Waals surface area contributed by atoms with E-state index in [9.17, 15) is 39.3 Å². The van der Waals surface area contributed by atoms with E-state index in [1.54, 1.807) is 37.3 Å². The maximum Gasteiger partial charge on any atom is 0.326 e. The normalized spacial score (nSPS) is 13.3. The third kappa shape index (κ3) is 13.9. The maximum absolute atomic E-state index is 13.3. The van der Waals surface area contributed by atoms with Crippen molar-refractivity contribution >= 4 is 29.6 Å². The molecule has 1 heterocycles. The Morgan fingerprint density at radius 3 is 2.00 bits per heavy atom. The number of hydrogen-bond acceptors (Lipinski definition) is 7. The molecule has 0 bridgehead atoms. The standard InChI is InChI=1S/C36H50N2O9/c1-4-5-6-9-12-15-28(39)16-13-10-7-8-11-14-17-29(30(35(43)44)23-32(40)41)34(42)37-31(36(45)46)22-26-18-20-27(21-19-26)33-24(2)38-47-25(33)3/h14,17-21,29-31H,4-13,15-16,22-23H2,1-3H3,(H,37,42)(H,40,41)(H,43,44)(H,45,46)/b17-14+/t29-,30+,31-/m0/s1. The SMILES string of the molecule is CCCCCCCC(=O)CCCCCC/C=C/[C@H](C(=O)N[C@@H](Cc1ccc(-c2c(C)noc2C)cc1)C(=O)O)[C@@H](CC(=O)O)C(=O)O. The van der Waals surface area contributed by atoms with E-state index in [1.165, 1.54) is 25.3 Å². The third-order valence-electron chi connectivity index (χ3n) is 8.26. The minimum atomic E-state index is -1.58. The summed E-state index contributed by atoms with van der Waals surface area (Å²) in [5, 5.41) is 35.3. The van der Waals surface area contributed by atoms with E-state index in [0.29, 0.717) is 36.4 Å². The molecular weight excluding hydrogens is 604 g/mol. The van der Waals surface area contributed by atoms with Crippen LogP contribution in [-0.4, -0.2) is 56.1 Å². The van der Waals surface area contributed by atoms with Gasteiger partial charge in [0, 0.05) is 24.8 Å². The summed E-state index contributed by atoms with van der Waals surface area (Å²) in [5.41, 5.74) is 3.01. The molecule has 4 N–H and O–H groups in total. The first-order valence-corrected chi connectivity index (χ1v) is 16.6. The van der Waals surface area contributed by atoms with Gasteiger partial charge in [0.25, 0.3) is 0 Å². The zero-order valence-corrected chi connectivity index (χ0v) is 27.8. The molecule has 0 saturated carbocycles. The van der Waals surface area contributed by atoms with Gasteiger partial charge in [0.05, 0.1) is 24.0 Å². The number of carbonyl (C=O) groups is 5. The lowest BCUT2D eigenvalue weighted by molar-refractivity contribution is -0.152. The Hall–Kier alpha value is -4.28. The van der Waals surface area contributed by atoms with Crippen LogP contribution >= 0.6 is 0 Å². The summed E-state index contributed by atoms with van der Waals surface area (Å²) in [6.45, 7) is 5.77. The molecule has 2 aromatic rings. The fourth-order valence-electron chi connectivity index (χ4n) is 5.60. The summed E-state index contributed by atoms with van der Waals surface area (Å²) in [7, 11) is 0. The molecule has 0 spiro atoms. The van der Waals surface area contributed by atoms with Gasteiger partial charge in [0.15, 0.2) is 0 Å². The van der Waals surface area contributed by atoms with Crippen molar-refractivity contribution in [3.63, 3.8) is 0 Å². The average Bonchev–Trinajstić information content (AvgIpc) is 3.36. The number of carbonyl (C=O) groups excluding carboxylic acids is 2. The molecule has 47 heavy (non-hydrogen) atoms. The molecule has 0 radical (unpaired) electrons. The van der Waals surface area contributed by atoms with Crippen LogP contribution in [0.2, 0.25) is 0 Å². The van der Waals surface area contributed by atoms with Gasteiger partial charge < -0.3 is 25.2 Å². The minimum absolute atomic E-state index is 0.0720. The van der Waals surface area contributed by atoms with Crippen molar-refractivity contribution in [3.8, 4) is 11.1 Å². The molecule has 0 saturated heterocycles. The van der Waals surface area contributed by atoms with Crippen molar-refractivity contribution in [1.29, 1.82) is 0 Å². The van der Waals surface area contributed by atoms with Gasteiger partial charge in [-0.05, 0) is 50.7 Å². The Labute approximate surface area is 276 Å². The predicted molar refractivity (Wildman–Crippen MR) is 177 cm³/mol. The number of carboxylic acid groups (broad SMARTS) is 3. The number of aryl methyl sites for hydroxylation is 2. The summed E-state index contributed by atoms with van der Waals surface area (Å²) in [6, 6.07) is 5.69. The van der Waals surface area contributed by atoms with Crippen LogP contribution < -0.4 is 5.32 Å². The van der Waals surface area contributed by atoms with Gasteiger partial charge in [-0.1, -0.05) is 87.0 Å². The number of nitrogens with one attached hydrogen (secondary N) is 1. The number of aliphatic carboxylic acids is 3. The van der Waals surface area contributed by atoms with Crippen LogP contribution in [0.1, 0.15) is 107 Å². The van der Waals surface area contributed by atoms with Gasteiger partial charge in [0.1, 0.15) is 17.6 Å². The van der Waals surface area contributed by atoms with Crippen LogP contribution in [0, 0.1) is 25.7 Å². The molecule has 2 rings (SSSR count). The first kappa shape index (κ1) is 38.9. The number of aromatic nitrogens is 1. The Kier molecular flexibility index (Phi) is 17.2. The van der Waals surface area contributed by atoms with E-state index in [4.69, 9.17) is 4.52 Å². The zero-order chi connectivity index (χ0) is 34.8. The number of nitrogens with zero attached hydrogens (tertiary/aromatic N) is 1. The quantitative estimate of drug-likeness (QED) is 0.0702. The number of ketones is 1. The van der Waals surface area contributed by atoms with E-state index < -0.39 is 48.1 Å². The van der Waals surface area contributed by atoms with Gasteiger partial charge in [-0.3, -0.25) is 19.2 Å². The van der Waals surface area contributed by atoms with Crippen LogP contribution in [0.25, 0.3) is 11.1 Å². The number of benzene rings is 1. The molecule has 0 aliphatic carbocycles. The van der Waals surface area contributed by atoms with Gasteiger partial charge in [-0.15, -0.1) is 0 Å².